The van der Waals surface area contributed by atoms with E-state index in [0.717, 1.165) is 6.07 Å². The number of cyclic esters (lactones) is 1. The van der Waals surface area contributed by atoms with E-state index in [1.54, 1.807) is 6.92 Å². The fourth-order valence-corrected chi connectivity index (χ4v) is 3.15. The molecule has 0 radical (unpaired) electrons. The molecule has 1 aliphatic heterocycles. The SMILES string of the molecule is CCc1cc2c(cc1C(=O)N=C(N)N)S(=O)(=O)COC2=O. The van der Waals surface area contributed by atoms with Crippen molar-refractivity contribution < 1.29 is 22.7 Å². The molecule has 2 rings (SSSR count). The minimum absolute atomic E-state index is 0.0444. The normalized spacial score (nSPS) is 15.8. The Balaban J connectivity index is 2.72. The lowest BCUT2D eigenvalue weighted by Gasteiger charge is -2.18. The highest BCUT2D eigenvalue weighted by atomic mass is 32.2. The first-order chi connectivity index (χ1) is 9.76. The number of benzene rings is 1. The molecule has 112 valence electrons. The first kappa shape index (κ1) is 15.0. The van der Waals surface area contributed by atoms with Crippen LogP contribution < -0.4 is 11.5 Å². The number of esters is 1. The van der Waals surface area contributed by atoms with Gasteiger partial charge in [-0.05, 0) is 24.1 Å². The summed E-state index contributed by atoms with van der Waals surface area (Å²) in [6.07, 6.45) is 0.391. The predicted molar refractivity (Wildman–Crippen MR) is 73.4 cm³/mol. The lowest BCUT2D eigenvalue weighted by molar-refractivity contribution is 0.0554. The van der Waals surface area contributed by atoms with E-state index < -0.39 is 33.6 Å². The van der Waals surface area contributed by atoms with Crippen LogP contribution in [0.5, 0.6) is 0 Å². The Bertz CT molecular complexity index is 763. The van der Waals surface area contributed by atoms with Crippen LogP contribution in [0.1, 0.15) is 33.2 Å². The summed E-state index contributed by atoms with van der Waals surface area (Å²) in [7, 11) is -3.79. The van der Waals surface area contributed by atoms with E-state index in [1.807, 2.05) is 0 Å². The molecule has 1 aromatic carbocycles. The lowest BCUT2D eigenvalue weighted by atomic mass is 10.0. The molecule has 21 heavy (non-hydrogen) atoms. The summed E-state index contributed by atoms with van der Waals surface area (Å²) >= 11 is 0. The summed E-state index contributed by atoms with van der Waals surface area (Å²) in [5, 5.41) is 0. The highest BCUT2D eigenvalue weighted by Gasteiger charge is 2.32. The van der Waals surface area contributed by atoms with Gasteiger partial charge in [0.2, 0.25) is 9.84 Å². The van der Waals surface area contributed by atoms with Crippen LogP contribution >= 0.6 is 0 Å². The zero-order chi connectivity index (χ0) is 15.8. The van der Waals surface area contributed by atoms with Crippen molar-refractivity contribution in [2.75, 3.05) is 5.94 Å². The predicted octanol–water partition coefficient (Wildman–Crippen LogP) is -0.436. The molecule has 0 atom stereocenters. The number of hydrogen-bond acceptors (Lipinski definition) is 5. The van der Waals surface area contributed by atoms with E-state index in [2.05, 4.69) is 9.73 Å². The van der Waals surface area contributed by atoms with Crippen LogP contribution in [0.4, 0.5) is 0 Å². The Morgan fingerprint density at radius 3 is 2.62 bits per heavy atom. The molecule has 0 aliphatic carbocycles. The van der Waals surface area contributed by atoms with Crippen molar-refractivity contribution in [2.24, 2.45) is 16.5 Å². The number of carbonyl (C=O) groups is 2. The van der Waals surface area contributed by atoms with Crippen LogP contribution in [-0.2, 0) is 21.0 Å². The number of carbonyl (C=O) groups excluding carboxylic acids is 2. The Hall–Kier alpha value is -2.42. The molecule has 1 heterocycles. The Morgan fingerprint density at radius 1 is 1.38 bits per heavy atom. The molecule has 8 nitrogen and oxygen atoms in total. The Labute approximate surface area is 120 Å². The zero-order valence-electron chi connectivity index (χ0n) is 11.1. The van der Waals surface area contributed by atoms with Gasteiger partial charge in [-0.3, -0.25) is 4.79 Å². The second-order valence-electron chi connectivity index (χ2n) is 4.37. The molecule has 4 N–H and O–H groups in total. The summed E-state index contributed by atoms with van der Waals surface area (Å²) in [5.41, 5.74) is 10.7. The molecule has 0 aromatic heterocycles. The summed E-state index contributed by atoms with van der Waals surface area (Å²) < 4.78 is 28.5. The number of aliphatic imine (C=N–C) groups is 1. The van der Waals surface area contributed by atoms with Gasteiger partial charge in [0.25, 0.3) is 5.91 Å². The molecule has 0 unspecified atom stereocenters. The number of fused-ring (bicyclic) bond motifs is 1. The van der Waals surface area contributed by atoms with Crippen LogP contribution in [0.3, 0.4) is 0 Å². The van der Waals surface area contributed by atoms with Gasteiger partial charge in [0.1, 0.15) is 0 Å². The van der Waals surface area contributed by atoms with Crippen molar-refractivity contribution in [1.82, 2.24) is 0 Å². The standard InChI is InChI=1S/C12H13N3O5S/c1-2-6-3-8-9(21(18,19)5-20-11(8)17)4-7(6)10(16)15-12(13)14/h3-4H,2,5H2,1H3,(H4,13,14,15,16). The first-order valence-electron chi connectivity index (χ1n) is 5.97. The second kappa shape index (κ2) is 5.17. The largest absolute Gasteiger partial charge is 0.445 e. The van der Waals surface area contributed by atoms with Crippen molar-refractivity contribution in [2.45, 2.75) is 18.2 Å². The van der Waals surface area contributed by atoms with Gasteiger partial charge in [-0.2, -0.15) is 4.99 Å². The Kier molecular flexibility index (Phi) is 3.69. The maximum atomic E-state index is 12.0. The first-order valence-corrected chi connectivity index (χ1v) is 7.62. The minimum Gasteiger partial charge on any atom is -0.445 e. The number of sulfone groups is 1. The minimum atomic E-state index is -3.79. The van der Waals surface area contributed by atoms with Crippen LogP contribution in [0, 0.1) is 0 Å². The number of amides is 1. The quantitative estimate of drug-likeness (QED) is 0.428. The van der Waals surface area contributed by atoms with Crippen molar-refractivity contribution in [3.05, 3.63) is 28.8 Å². The summed E-state index contributed by atoms with van der Waals surface area (Å²) in [5.74, 6) is -2.68. The summed E-state index contributed by atoms with van der Waals surface area (Å²) in [6, 6.07) is 2.45. The van der Waals surface area contributed by atoms with Gasteiger partial charge in [0.05, 0.1) is 10.5 Å². The highest BCUT2D eigenvalue weighted by Crippen LogP contribution is 2.28. The fourth-order valence-electron chi connectivity index (χ4n) is 1.98. The van der Waals surface area contributed by atoms with Gasteiger partial charge < -0.3 is 16.2 Å². The van der Waals surface area contributed by atoms with Crippen LogP contribution in [-0.4, -0.2) is 32.2 Å². The molecule has 1 amide bonds. The van der Waals surface area contributed by atoms with Gasteiger partial charge in [-0.25, -0.2) is 13.2 Å². The van der Waals surface area contributed by atoms with E-state index in [9.17, 15) is 18.0 Å². The monoisotopic (exact) mass is 311 g/mol. The Morgan fingerprint density at radius 2 is 2.05 bits per heavy atom. The van der Waals surface area contributed by atoms with Gasteiger partial charge in [0, 0.05) is 5.56 Å². The maximum absolute atomic E-state index is 12.0. The summed E-state index contributed by atoms with van der Waals surface area (Å²) in [6.45, 7) is 1.75. The average molecular weight is 311 g/mol. The molecule has 1 aliphatic rings. The van der Waals surface area contributed by atoms with E-state index in [0.29, 0.717) is 12.0 Å². The van der Waals surface area contributed by atoms with Gasteiger partial charge in [-0.15, -0.1) is 0 Å². The molecule has 0 saturated heterocycles. The van der Waals surface area contributed by atoms with Crippen molar-refractivity contribution in [3.8, 4) is 0 Å². The molecule has 1 aromatic rings. The van der Waals surface area contributed by atoms with E-state index in [1.165, 1.54) is 6.07 Å². The number of nitrogens with zero attached hydrogens (tertiary/aromatic N) is 1. The van der Waals surface area contributed by atoms with Gasteiger partial charge in [0.15, 0.2) is 11.9 Å². The topological polar surface area (TPSA) is 142 Å². The van der Waals surface area contributed by atoms with Gasteiger partial charge >= 0.3 is 5.97 Å². The second-order valence-corrected chi connectivity index (χ2v) is 6.27. The highest BCUT2D eigenvalue weighted by molar-refractivity contribution is 7.91. The molecule has 0 spiro atoms. The van der Waals surface area contributed by atoms with E-state index >= 15 is 0 Å². The molecule has 9 heteroatoms. The third kappa shape index (κ3) is 2.72. The maximum Gasteiger partial charge on any atom is 0.340 e. The smallest absolute Gasteiger partial charge is 0.340 e. The third-order valence-corrected chi connectivity index (χ3v) is 4.38. The van der Waals surface area contributed by atoms with Crippen molar-refractivity contribution >= 4 is 27.7 Å². The molecule has 0 saturated carbocycles. The number of ether oxygens (including phenoxy) is 1. The summed E-state index contributed by atoms with van der Waals surface area (Å²) in [4.78, 5) is 26.8. The zero-order valence-corrected chi connectivity index (χ0v) is 11.9. The number of guanidine groups is 1. The number of rotatable bonds is 2. The van der Waals surface area contributed by atoms with Crippen LogP contribution in [0.25, 0.3) is 0 Å². The lowest BCUT2D eigenvalue weighted by Crippen LogP contribution is -2.26. The van der Waals surface area contributed by atoms with Gasteiger partial charge in [-0.1, -0.05) is 6.92 Å². The van der Waals surface area contributed by atoms with Crippen LogP contribution in [0.2, 0.25) is 0 Å². The molecule has 0 fully saturated rings. The van der Waals surface area contributed by atoms with Crippen LogP contribution in [0.15, 0.2) is 22.0 Å². The number of hydrogen-bond donors (Lipinski definition) is 2. The van der Waals surface area contributed by atoms with E-state index in [4.69, 9.17) is 11.5 Å². The van der Waals surface area contributed by atoms with Crippen molar-refractivity contribution in [1.29, 1.82) is 0 Å². The molecule has 0 bridgehead atoms. The molecular formula is C12H13N3O5S. The fraction of sp³-hybridized carbons (Fsp3) is 0.250. The third-order valence-electron chi connectivity index (χ3n) is 2.95. The molecular weight excluding hydrogens is 298 g/mol. The van der Waals surface area contributed by atoms with Crippen molar-refractivity contribution in [3.63, 3.8) is 0 Å². The number of aryl methyl sites for hydroxylation is 1. The number of nitrogens with two attached hydrogens (primary N) is 2. The average Bonchev–Trinajstić information content (AvgIpc) is 2.41. The van der Waals surface area contributed by atoms with E-state index in [-0.39, 0.29) is 16.0 Å².